The molecule has 0 aliphatic carbocycles. The molecule has 0 aliphatic rings. The van der Waals surface area contributed by atoms with Gasteiger partial charge in [0.05, 0.1) is 0 Å². The fraction of sp³-hybridized carbons (Fsp3) is 0.100. The van der Waals surface area contributed by atoms with E-state index in [-0.39, 0.29) is 22.6 Å². The van der Waals surface area contributed by atoms with E-state index < -0.39 is 22.3 Å². The predicted molar refractivity (Wildman–Crippen MR) is 66.1 cm³/mol. The number of carboxylic acids is 1. The molecule has 0 saturated carbocycles. The van der Waals surface area contributed by atoms with Crippen molar-refractivity contribution in [3.63, 3.8) is 0 Å². The zero-order valence-electron chi connectivity index (χ0n) is 9.31. The molecule has 2 rings (SSSR count). The third kappa shape index (κ3) is 3.25. The zero-order chi connectivity index (χ0) is 14.9. The molecule has 0 atom stereocenters. The number of aromatic carboxylic acids is 1. The first-order chi connectivity index (χ1) is 9.27. The van der Waals surface area contributed by atoms with Gasteiger partial charge in [0.2, 0.25) is 5.01 Å². The first-order valence-corrected chi connectivity index (χ1v) is 6.49. The summed E-state index contributed by atoms with van der Waals surface area (Å²) in [5, 5.41) is 13.6. The molecule has 0 saturated heterocycles. The second kappa shape index (κ2) is 5.37. The van der Waals surface area contributed by atoms with Crippen molar-refractivity contribution in [3.05, 3.63) is 33.2 Å². The van der Waals surface area contributed by atoms with Crippen LogP contribution in [0.25, 0.3) is 0 Å². The minimum atomic E-state index is -4.62. The van der Waals surface area contributed by atoms with Gasteiger partial charge in [-0.25, -0.2) is 4.79 Å². The molecule has 2 aromatic rings. The molecule has 1 N–H and O–H groups in total. The quantitative estimate of drug-likeness (QED) is 0.891. The summed E-state index contributed by atoms with van der Waals surface area (Å²) in [5.41, 5.74) is -0.197. The smallest absolute Gasteiger partial charge is 0.445 e. The number of hydrogen-bond donors (Lipinski definition) is 1. The van der Waals surface area contributed by atoms with Crippen molar-refractivity contribution < 1.29 is 27.8 Å². The molecule has 0 bridgehead atoms. The average Bonchev–Trinajstić information content (AvgIpc) is 2.76. The van der Waals surface area contributed by atoms with Gasteiger partial charge in [0.25, 0.3) is 5.19 Å². The molecular weight excluding hydrogens is 365 g/mol. The second-order valence-corrected chi connectivity index (χ2v) is 5.27. The van der Waals surface area contributed by atoms with Crippen LogP contribution < -0.4 is 4.74 Å². The highest BCUT2D eigenvalue weighted by molar-refractivity contribution is 9.10. The molecule has 0 unspecified atom stereocenters. The van der Waals surface area contributed by atoms with Gasteiger partial charge in [-0.3, -0.25) is 0 Å². The number of aromatic nitrogens is 2. The molecule has 1 aromatic carbocycles. The van der Waals surface area contributed by atoms with Crippen LogP contribution in [-0.2, 0) is 6.18 Å². The van der Waals surface area contributed by atoms with Crippen LogP contribution in [0.3, 0.4) is 0 Å². The molecule has 1 aromatic heterocycles. The number of carbonyl (C=O) groups is 1. The highest BCUT2D eigenvalue weighted by atomic mass is 79.9. The number of ether oxygens (including phenoxy) is 1. The molecule has 10 heteroatoms. The maximum absolute atomic E-state index is 12.4. The monoisotopic (exact) mass is 368 g/mol. The number of halogens is 4. The lowest BCUT2D eigenvalue weighted by molar-refractivity contribution is -0.138. The Balaban J connectivity index is 2.32. The van der Waals surface area contributed by atoms with Crippen LogP contribution >= 0.6 is 27.3 Å². The van der Waals surface area contributed by atoms with Crippen molar-refractivity contribution in [1.82, 2.24) is 10.2 Å². The minimum absolute atomic E-state index is 0.128. The highest BCUT2D eigenvalue weighted by Crippen LogP contribution is 2.36. The molecule has 0 spiro atoms. The average molecular weight is 369 g/mol. The van der Waals surface area contributed by atoms with Crippen LogP contribution in [-0.4, -0.2) is 21.3 Å². The summed E-state index contributed by atoms with van der Waals surface area (Å²) < 4.78 is 42.7. The summed E-state index contributed by atoms with van der Waals surface area (Å²) >= 11 is 3.29. The Kier molecular flexibility index (Phi) is 3.95. The number of nitrogens with zero attached hydrogens (tertiary/aromatic N) is 2. The Morgan fingerprint density at radius 3 is 2.60 bits per heavy atom. The van der Waals surface area contributed by atoms with Gasteiger partial charge in [-0.15, -0.1) is 5.10 Å². The molecular formula is C10H4BrF3N2O3S. The Hall–Kier alpha value is -1.68. The van der Waals surface area contributed by atoms with Gasteiger partial charge in [0.15, 0.2) is 0 Å². The predicted octanol–water partition coefficient (Wildman–Crippen LogP) is 3.81. The summed E-state index contributed by atoms with van der Waals surface area (Å²) in [6.45, 7) is 0. The third-order valence-corrected chi connectivity index (χ3v) is 3.36. The lowest BCUT2D eigenvalue weighted by Gasteiger charge is -2.05. The van der Waals surface area contributed by atoms with E-state index in [1.54, 1.807) is 0 Å². The summed E-state index contributed by atoms with van der Waals surface area (Å²) in [7, 11) is 0. The van der Waals surface area contributed by atoms with Gasteiger partial charge >= 0.3 is 12.1 Å². The molecule has 1 heterocycles. The molecule has 20 heavy (non-hydrogen) atoms. The van der Waals surface area contributed by atoms with E-state index in [0.717, 1.165) is 0 Å². The molecule has 0 radical (unpaired) electrons. The Morgan fingerprint density at radius 1 is 1.35 bits per heavy atom. The van der Waals surface area contributed by atoms with Crippen LogP contribution in [0.2, 0.25) is 0 Å². The lowest BCUT2D eigenvalue weighted by Crippen LogP contribution is -2.03. The number of hydrogen-bond acceptors (Lipinski definition) is 5. The van der Waals surface area contributed by atoms with Crippen molar-refractivity contribution >= 4 is 33.2 Å². The number of alkyl halides is 3. The second-order valence-electron chi connectivity index (χ2n) is 3.42. The fourth-order valence-electron chi connectivity index (χ4n) is 1.22. The van der Waals surface area contributed by atoms with E-state index in [2.05, 4.69) is 26.1 Å². The van der Waals surface area contributed by atoms with E-state index >= 15 is 0 Å². The molecule has 5 nitrogen and oxygen atoms in total. The first-order valence-electron chi connectivity index (χ1n) is 4.89. The van der Waals surface area contributed by atoms with Gasteiger partial charge in [0.1, 0.15) is 11.3 Å². The van der Waals surface area contributed by atoms with Gasteiger partial charge in [-0.05, 0) is 18.2 Å². The van der Waals surface area contributed by atoms with Crippen molar-refractivity contribution in [2.45, 2.75) is 6.18 Å². The molecule has 0 amide bonds. The normalized spacial score (nSPS) is 11.4. The summed E-state index contributed by atoms with van der Waals surface area (Å²) in [6.07, 6.45) is -4.62. The third-order valence-electron chi connectivity index (χ3n) is 2.02. The maximum Gasteiger partial charge on any atom is 0.445 e. The van der Waals surface area contributed by atoms with E-state index in [0.29, 0.717) is 4.47 Å². The van der Waals surface area contributed by atoms with E-state index in [9.17, 15) is 18.0 Å². The van der Waals surface area contributed by atoms with Gasteiger partial charge < -0.3 is 9.84 Å². The van der Waals surface area contributed by atoms with Crippen LogP contribution in [0.15, 0.2) is 22.7 Å². The maximum atomic E-state index is 12.4. The summed E-state index contributed by atoms with van der Waals surface area (Å²) in [5.74, 6) is -1.40. The van der Waals surface area contributed by atoms with Crippen LogP contribution in [0.1, 0.15) is 15.4 Å². The summed E-state index contributed by atoms with van der Waals surface area (Å²) in [4.78, 5) is 11.0. The molecule has 0 aliphatic heterocycles. The minimum Gasteiger partial charge on any atom is -0.478 e. The lowest BCUT2D eigenvalue weighted by atomic mass is 10.2. The van der Waals surface area contributed by atoms with Crippen LogP contribution in [0, 0.1) is 0 Å². The fourth-order valence-corrected chi connectivity index (χ4v) is 2.13. The number of rotatable bonds is 3. The van der Waals surface area contributed by atoms with E-state index in [1.165, 1.54) is 18.2 Å². The van der Waals surface area contributed by atoms with Gasteiger partial charge in [0, 0.05) is 4.47 Å². The number of carboxylic acid groups (broad SMARTS) is 1. The molecule has 106 valence electrons. The zero-order valence-corrected chi connectivity index (χ0v) is 11.7. The first kappa shape index (κ1) is 14.7. The van der Waals surface area contributed by atoms with Gasteiger partial charge in [-0.1, -0.05) is 32.4 Å². The van der Waals surface area contributed by atoms with Crippen molar-refractivity contribution in [3.8, 4) is 10.9 Å². The Bertz CT molecular complexity index is 659. The van der Waals surface area contributed by atoms with E-state index in [4.69, 9.17) is 9.84 Å². The topological polar surface area (TPSA) is 72.3 Å². The summed E-state index contributed by atoms with van der Waals surface area (Å²) in [6, 6.07) is 4.04. The SMILES string of the molecule is O=C(O)c1ccc(Br)cc1Oc1nnc(C(F)(F)F)s1. The molecule has 0 fully saturated rings. The highest BCUT2D eigenvalue weighted by Gasteiger charge is 2.36. The standard InChI is InChI=1S/C10H4BrF3N2O3S/c11-4-1-2-5(7(17)18)6(3-4)19-9-16-15-8(20-9)10(12,13)14/h1-3H,(H,17,18). The van der Waals surface area contributed by atoms with Crippen molar-refractivity contribution in [2.75, 3.05) is 0 Å². The Labute approximate surface area is 122 Å². The van der Waals surface area contributed by atoms with E-state index in [1.807, 2.05) is 0 Å². The van der Waals surface area contributed by atoms with Crippen molar-refractivity contribution in [2.24, 2.45) is 0 Å². The van der Waals surface area contributed by atoms with Crippen molar-refractivity contribution in [1.29, 1.82) is 0 Å². The Morgan fingerprint density at radius 2 is 2.05 bits per heavy atom. The number of benzene rings is 1. The van der Waals surface area contributed by atoms with Gasteiger partial charge in [-0.2, -0.15) is 13.2 Å². The largest absolute Gasteiger partial charge is 0.478 e. The van der Waals surface area contributed by atoms with Crippen LogP contribution in [0.4, 0.5) is 13.2 Å². The van der Waals surface area contributed by atoms with Crippen LogP contribution in [0.5, 0.6) is 10.9 Å².